The summed E-state index contributed by atoms with van der Waals surface area (Å²) in [6.45, 7) is 0.653. The Morgan fingerprint density at radius 1 is 1.67 bits per heavy atom. The summed E-state index contributed by atoms with van der Waals surface area (Å²) < 4.78 is 0. The van der Waals surface area contributed by atoms with E-state index in [0.717, 1.165) is 12.1 Å². The maximum Gasteiger partial charge on any atom is 0.314 e. The highest BCUT2D eigenvalue weighted by Gasteiger charge is 1.95. The third kappa shape index (κ3) is 2.65. The minimum Gasteiger partial charge on any atom is -0.365 e. The third-order valence-corrected chi connectivity index (χ3v) is 1.57. The van der Waals surface area contributed by atoms with Crippen molar-refractivity contribution < 1.29 is 4.79 Å². The third-order valence-electron chi connectivity index (χ3n) is 1.57. The first-order chi connectivity index (χ1) is 5.83. The Morgan fingerprint density at radius 2 is 2.50 bits per heavy atom. The van der Waals surface area contributed by atoms with Crippen molar-refractivity contribution in [3.05, 3.63) is 24.0 Å². The first kappa shape index (κ1) is 8.64. The molecule has 0 fully saturated rings. The van der Waals surface area contributed by atoms with Gasteiger partial charge >= 0.3 is 6.03 Å². The molecule has 0 aliphatic rings. The van der Waals surface area contributed by atoms with E-state index >= 15 is 0 Å². The van der Waals surface area contributed by atoms with Crippen molar-refractivity contribution in [1.29, 1.82) is 0 Å². The van der Waals surface area contributed by atoms with E-state index in [1.54, 1.807) is 7.05 Å². The summed E-state index contributed by atoms with van der Waals surface area (Å²) in [5.74, 6) is 0. The summed E-state index contributed by atoms with van der Waals surface area (Å²) in [5.41, 5.74) is 1.13. The Morgan fingerprint density at radius 3 is 3.08 bits per heavy atom. The summed E-state index contributed by atoms with van der Waals surface area (Å²) in [4.78, 5) is 13.8. The largest absolute Gasteiger partial charge is 0.365 e. The first-order valence-corrected chi connectivity index (χ1v) is 3.91. The molecule has 0 radical (unpaired) electrons. The van der Waals surface area contributed by atoms with Gasteiger partial charge in [-0.05, 0) is 12.1 Å². The molecule has 3 N–H and O–H groups in total. The number of carbonyl (C=O) groups is 1. The lowest BCUT2D eigenvalue weighted by Crippen LogP contribution is -2.34. The molecule has 1 heterocycles. The second-order valence-corrected chi connectivity index (χ2v) is 2.45. The summed E-state index contributed by atoms with van der Waals surface area (Å²) in [5, 5.41) is 5.19. The summed E-state index contributed by atoms with van der Waals surface area (Å²) in [6.07, 6.45) is 2.70. The number of urea groups is 1. The molecule has 0 saturated heterocycles. The zero-order valence-corrected chi connectivity index (χ0v) is 7.05. The topological polar surface area (TPSA) is 56.9 Å². The van der Waals surface area contributed by atoms with Gasteiger partial charge in [0.2, 0.25) is 0 Å². The SMILES string of the molecule is CNC(=O)NCCc1ccc[nH]1. The molecule has 0 bridgehead atoms. The lowest BCUT2D eigenvalue weighted by Gasteiger charge is -2.01. The molecule has 1 rings (SSSR count). The molecular weight excluding hydrogens is 154 g/mol. The second-order valence-electron chi connectivity index (χ2n) is 2.45. The van der Waals surface area contributed by atoms with Crippen LogP contribution in [0.1, 0.15) is 5.69 Å². The molecule has 0 aromatic carbocycles. The van der Waals surface area contributed by atoms with E-state index in [0.29, 0.717) is 6.54 Å². The number of aromatic amines is 1. The number of hydrogen-bond acceptors (Lipinski definition) is 1. The van der Waals surface area contributed by atoms with Crippen LogP contribution in [0, 0.1) is 0 Å². The Balaban J connectivity index is 2.15. The molecule has 0 atom stereocenters. The Kier molecular flexibility index (Phi) is 3.19. The fraction of sp³-hybridized carbons (Fsp3) is 0.375. The highest BCUT2D eigenvalue weighted by molar-refractivity contribution is 5.73. The van der Waals surface area contributed by atoms with Crippen LogP contribution in [0.25, 0.3) is 0 Å². The number of amides is 2. The average Bonchev–Trinajstić information content (AvgIpc) is 2.57. The standard InChI is InChI=1S/C8H13N3O/c1-9-8(12)11-6-4-7-3-2-5-10-7/h2-3,5,10H,4,6H2,1H3,(H2,9,11,12). The van der Waals surface area contributed by atoms with Crippen molar-refractivity contribution in [1.82, 2.24) is 15.6 Å². The molecular formula is C8H13N3O. The molecule has 4 nitrogen and oxygen atoms in total. The van der Waals surface area contributed by atoms with Crippen LogP contribution in [0.3, 0.4) is 0 Å². The van der Waals surface area contributed by atoms with Crippen molar-refractivity contribution >= 4 is 6.03 Å². The van der Waals surface area contributed by atoms with E-state index in [4.69, 9.17) is 0 Å². The molecule has 12 heavy (non-hydrogen) atoms. The van der Waals surface area contributed by atoms with E-state index in [9.17, 15) is 4.79 Å². The summed E-state index contributed by atoms with van der Waals surface area (Å²) in [7, 11) is 1.60. The zero-order chi connectivity index (χ0) is 8.81. The maximum absolute atomic E-state index is 10.7. The van der Waals surface area contributed by atoms with Crippen molar-refractivity contribution in [2.75, 3.05) is 13.6 Å². The van der Waals surface area contributed by atoms with Gasteiger partial charge in [-0.1, -0.05) is 0 Å². The second kappa shape index (κ2) is 4.43. The van der Waals surface area contributed by atoms with Gasteiger partial charge < -0.3 is 15.6 Å². The van der Waals surface area contributed by atoms with Crippen LogP contribution < -0.4 is 10.6 Å². The smallest absolute Gasteiger partial charge is 0.314 e. The molecule has 0 aliphatic heterocycles. The molecule has 66 valence electrons. The number of aromatic nitrogens is 1. The summed E-state index contributed by atoms with van der Waals surface area (Å²) >= 11 is 0. The number of carbonyl (C=O) groups excluding carboxylic acids is 1. The quantitative estimate of drug-likeness (QED) is 0.602. The highest BCUT2D eigenvalue weighted by atomic mass is 16.2. The molecule has 0 spiro atoms. The van der Waals surface area contributed by atoms with Gasteiger partial charge in [0.25, 0.3) is 0 Å². The maximum atomic E-state index is 10.7. The number of hydrogen-bond donors (Lipinski definition) is 3. The van der Waals surface area contributed by atoms with Crippen molar-refractivity contribution in [3.8, 4) is 0 Å². The van der Waals surface area contributed by atoms with Crippen LogP contribution in [0.2, 0.25) is 0 Å². The molecule has 1 aromatic heterocycles. The first-order valence-electron chi connectivity index (χ1n) is 3.91. The average molecular weight is 167 g/mol. The van der Waals surface area contributed by atoms with Gasteiger partial charge in [0.15, 0.2) is 0 Å². The van der Waals surface area contributed by atoms with Crippen LogP contribution in [0.15, 0.2) is 18.3 Å². The van der Waals surface area contributed by atoms with E-state index in [1.165, 1.54) is 0 Å². The van der Waals surface area contributed by atoms with E-state index in [-0.39, 0.29) is 6.03 Å². The summed E-state index contributed by atoms with van der Waals surface area (Å²) in [6, 6.07) is 3.79. The minimum atomic E-state index is -0.137. The van der Waals surface area contributed by atoms with Crippen molar-refractivity contribution in [2.24, 2.45) is 0 Å². The monoisotopic (exact) mass is 167 g/mol. The molecule has 0 aliphatic carbocycles. The van der Waals surface area contributed by atoms with E-state index in [2.05, 4.69) is 15.6 Å². The Labute approximate surface area is 71.4 Å². The molecule has 0 saturated carbocycles. The lowest BCUT2D eigenvalue weighted by molar-refractivity contribution is 0.243. The minimum absolute atomic E-state index is 0.137. The number of H-pyrrole nitrogens is 1. The van der Waals surface area contributed by atoms with Gasteiger partial charge in [-0.3, -0.25) is 0 Å². The lowest BCUT2D eigenvalue weighted by atomic mass is 10.3. The van der Waals surface area contributed by atoms with E-state index in [1.807, 2.05) is 18.3 Å². The zero-order valence-electron chi connectivity index (χ0n) is 7.05. The fourth-order valence-corrected chi connectivity index (χ4v) is 0.922. The van der Waals surface area contributed by atoms with Crippen molar-refractivity contribution in [2.45, 2.75) is 6.42 Å². The Bertz CT molecular complexity index is 230. The molecule has 1 aromatic rings. The predicted octanol–water partition coefficient (Wildman–Crippen LogP) is 0.486. The van der Waals surface area contributed by atoms with Crippen LogP contribution in [-0.2, 0) is 6.42 Å². The van der Waals surface area contributed by atoms with Crippen molar-refractivity contribution in [3.63, 3.8) is 0 Å². The number of nitrogens with one attached hydrogen (secondary N) is 3. The van der Waals surface area contributed by atoms with E-state index < -0.39 is 0 Å². The Hall–Kier alpha value is -1.45. The number of rotatable bonds is 3. The predicted molar refractivity (Wildman–Crippen MR) is 47.0 cm³/mol. The molecule has 4 heteroatoms. The van der Waals surface area contributed by atoms with Gasteiger partial charge in [0, 0.05) is 31.9 Å². The van der Waals surface area contributed by atoms with Gasteiger partial charge in [-0.15, -0.1) is 0 Å². The van der Waals surface area contributed by atoms with Gasteiger partial charge in [-0.25, -0.2) is 4.79 Å². The van der Waals surface area contributed by atoms with Crippen LogP contribution in [0.5, 0.6) is 0 Å². The molecule has 2 amide bonds. The van der Waals surface area contributed by atoms with Crippen LogP contribution in [0.4, 0.5) is 4.79 Å². The van der Waals surface area contributed by atoms with Gasteiger partial charge in [0.1, 0.15) is 0 Å². The molecule has 0 unspecified atom stereocenters. The van der Waals surface area contributed by atoms with Gasteiger partial charge in [0.05, 0.1) is 0 Å². The normalized spacial score (nSPS) is 9.42. The van der Waals surface area contributed by atoms with Crippen LogP contribution >= 0.6 is 0 Å². The highest BCUT2D eigenvalue weighted by Crippen LogP contribution is 1.93. The van der Waals surface area contributed by atoms with Gasteiger partial charge in [-0.2, -0.15) is 0 Å². The van der Waals surface area contributed by atoms with Crippen LogP contribution in [-0.4, -0.2) is 24.6 Å². The fourth-order valence-electron chi connectivity index (χ4n) is 0.922.